The van der Waals surface area contributed by atoms with Crippen molar-refractivity contribution in [3.63, 3.8) is 0 Å². The van der Waals surface area contributed by atoms with Crippen LogP contribution in [0, 0.1) is 5.92 Å². The van der Waals surface area contributed by atoms with Gasteiger partial charge in [-0.1, -0.05) is 32.0 Å². The molecule has 32 heavy (non-hydrogen) atoms. The zero-order valence-electron chi connectivity index (χ0n) is 18.6. The van der Waals surface area contributed by atoms with E-state index in [2.05, 4.69) is 51.8 Å². The number of hydrogen-bond donors (Lipinski definition) is 2. The van der Waals surface area contributed by atoms with Gasteiger partial charge in [-0.25, -0.2) is 9.97 Å². The minimum Gasteiger partial charge on any atom is -0.358 e. The van der Waals surface area contributed by atoms with Crippen LogP contribution >= 0.6 is 11.3 Å². The van der Waals surface area contributed by atoms with E-state index in [1.807, 2.05) is 24.3 Å². The molecule has 0 radical (unpaired) electrons. The molecule has 2 bridgehead atoms. The molecule has 7 nitrogen and oxygen atoms in total. The van der Waals surface area contributed by atoms with Gasteiger partial charge in [-0.3, -0.25) is 14.6 Å². The first kappa shape index (κ1) is 21.3. The van der Waals surface area contributed by atoms with Crippen LogP contribution in [-0.2, 0) is 17.9 Å². The van der Waals surface area contributed by atoms with Gasteiger partial charge in [0, 0.05) is 49.0 Å². The Labute approximate surface area is 192 Å². The van der Waals surface area contributed by atoms with Crippen LogP contribution in [-0.4, -0.2) is 63.9 Å². The standard InChI is InChI=1S/C24H30N6OS/c1-16(2)22-24(31)25-12-17-13-29(14-18-6-5-11-32-18)9-10-30(17)15-21-26-20-8-4-3-7-19(20)23(27-21)28-22/h3-8,11,16-17,22H,9-10,12-15H2,1-2H3,(H,25,31)(H,26,27,28)/t17?,22-/m0/s1. The summed E-state index contributed by atoms with van der Waals surface area (Å²) in [5.41, 5.74) is 0.912. The number of nitrogens with zero attached hydrogens (tertiary/aromatic N) is 4. The van der Waals surface area contributed by atoms with Gasteiger partial charge in [0.05, 0.1) is 12.1 Å². The van der Waals surface area contributed by atoms with Crippen LogP contribution in [0.2, 0.25) is 0 Å². The SMILES string of the molecule is CC(C)[C@@H]1Nc2nc(nc3ccccc23)CN2CCN(Cc3cccs3)CC2CNC1=O. The van der Waals surface area contributed by atoms with E-state index in [0.29, 0.717) is 13.1 Å². The molecule has 2 N–H and O–H groups in total. The third-order valence-electron chi connectivity index (χ3n) is 6.40. The number of piperazine rings is 1. The van der Waals surface area contributed by atoms with Gasteiger partial charge in [-0.2, -0.15) is 0 Å². The molecule has 4 heterocycles. The minimum atomic E-state index is -0.349. The highest BCUT2D eigenvalue weighted by atomic mass is 32.1. The lowest BCUT2D eigenvalue weighted by Gasteiger charge is -2.41. The topological polar surface area (TPSA) is 73.4 Å². The van der Waals surface area contributed by atoms with Crippen molar-refractivity contribution in [3.8, 4) is 0 Å². The molecule has 1 fully saturated rings. The van der Waals surface area contributed by atoms with Crippen LogP contribution in [0.4, 0.5) is 5.82 Å². The molecule has 5 rings (SSSR count). The number of anilines is 1. The highest BCUT2D eigenvalue weighted by molar-refractivity contribution is 7.09. The molecule has 168 valence electrons. The quantitative estimate of drug-likeness (QED) is 0.639. The Morgan fingerprint density at radius 3 is 2.84 bits per heavy atom. The summed E-state index contributed by atoms with van der Waals surface area (Å²) in [5.74, 6) is 1.71. The van der Waals surface area contributed by atoms with Crippen molar-refractivity contribution >= 4 is 34.0 Å². The predicted molar refractivity (Wildman–Crippen MR) is 129 cm³/mol. The van der Waals surface area contributed by atoms with E-state index in [4.69, 9.17) is 9.97 Å². The third-order valence-corrected chi connectivity index (χ3v) is 7.26. The fraction of sp³-hybridized carbons (Fsp3) is 0.458. The minimum absolute atomic E-state index is 0.0291. The number of carbonyl (C=O) groups excluding carboxylic acids is 1. The number of carbonyl (C=O) groups is 1. The fourth-order valence-corrected chi connectivity index (χ4v) is 5.37. The smallest absolute Gasteiger partial charge is 0.242 e. The molecule has 1 amide bonds. The van der Waals surface area contributed by atoms with Gasteiger partial charge in [0.25, 0.3) is 0 Å². The average Bonchev–Trinajstić information content (AvgIpc) is 3.29. The summed E-state index contributed by atoms with van der Waals surface area (Å²) in [6, 6.07) is 12.2. The monoisotopic (exact) mass is 450 g/mol. The van der Waals surface area contributed by atoms with Crippen LogP contribution in [0.1, 0.15) is 24.5 Å². The second kappa shape index (κ2) is 9.13. The molecule has 1 aromatic carbocycles. The normalized spacial score (nSPS) is 22.8. The van der Waals surface area contributed by atoms with Gasteiger partial charge in [-0.15, -0.1) is 11.3 Å². The van der Waals surface area contributed by atoms with Crippen molar-refractivity contribution in [3.05, 3.63) is 52.5 Å². The van der Waals surface area contributed by atoms with E-state index in [9.17, 15) is 4.79 Å². The summed E-state index contributed by atoms with van der Waals surface area (Å²) in [7, 11) is 0. The van der Waals surface area contributed by atoms with Gasteiger partial charge >= 0.3 is 0 Å². The van der Waals surface area contributed by atoms with Crippen LogP contribution in [0.25, 0.3) is 10.9 Å². The molecule has 2 atom stereocenters. The Balaban J connectivity index is 1.46. The largest absolute Gasteiger partial charge is 0.358 e. The first-order valence-electron chi connectivity index (χ1n) is 11.4. The molecule has 1 saturated heterocycles. The maximum absolute atomic E-state index is 13.2. The van der Waals surface area contributed by atoms with E-state index in [-0.39, 0.29) is 23.9 Å². The van der Waals surface area contributed by atoms with Crippen molar-refractivity contribution in [2.75, 3.05) is 31.5 Å². The summed E-state index contributed by atoms with van der Waals surface area (Å²) in [5, 5.41) is 9.75. The Morgan fingerprint density at radius 2 is 2.03 bits per heavy atom. The number of fused-ring (bicyclic) bond motifs is 5. The van der Waals surface area contributed by atoms with Crippen LogP contribution in [0.15, 0.2) is 41.8 Å². The van der Waals surface area contributed by atoms with E-state index in [0.717, 1.165) is 48.7 Å². The van der Waals surface area contributed by atoms with Gasteiger partial charge in [-0.05, 0) is 29.5 Å². The van der Waals surface area contributed by atoms with Gasteiger partial charge in [0.15, 0.2) is 0 Å². The van der Waals surface area contributed by atoms with Crippen LogP contribution in [0.3, 0.4) is 0 Å². The molecule has 2 aliphatic rings. The molecule has 0 aliphatic carbocycles. The lowest BCUT2D eigenvalue weighted by molar-refractivity contribution is -0.123. The molecule has 2 aromatic heterocycles. The Bertz CT molecular complexity index is 1090. The van der Waals surface area contributed by atoms with Gasteiger partial charge in [0.2, 0.25) is 5.91 Å². The Morgan fingerprint density at radius 1 is 1.16 bits per heavy atom. The van der Waals surface area contributed by atoms with E-state index in [1.165, 1.54) is 4.88 Å². The number of benzene rings is 1. The lowest BCUT2D eigenvalue weighted by Crippen LogP contribution is -2.57. The van der Waals surface area contributed by atoms with Crippen molar-refractivity contribution < 1.29 is 4.79 Å². The zero-order valence-corrected chi connectivity index (χ0v) is 19.4. The van der Waals surface area contributed by atoms with E-state index >= 15 is 0 Å². The second-order valence-corrected chi connectivity index (χ2v) is 10.1. The summed E-state index contributed by atoms with van der Waals surface area (Å²) >= 11 is 1.80. The number of thiophene rings is 1. The Hall–Kier alpha value is -2.55. The highest BCUT2D eigenvalue weighted by Crippen LogP contribution is 2.25. The second-order valence-electron chi connectivity index (χ2n) is 9.06. The number of nitrogens with one attached hydrogen (secondary N) is 2. The molecule has 0 spiro atoms. The van der Waals surface area contributed by atoms with Crippen molar-refractivity contribution in [2.45, 2.75) is 39.0 Å². The summed E-state index contributed by atoms with van der Waals surface area (Å²) < 4.78 is 0. The number of para-hydroxylation sites is 1. The number of hydrogen-bond acceptors (Lipinski definition) is 7. The first-order chi connectivity index (χ1) is 15.6. The van der Waals surface area contributed by atoms with Crippen molar-refractivity contribution in [1.29, 1.82) is 0 Å². The van der Waals surface area contributed by atoms with E-state index < -0.39 is 0 Å². The molecule has 3 aromatic rings. The van der Waals surface area contributed by atoms with Crippen LogP contribution < -0.4 is 10.6 Å². The predicted octanol–water partition coefficient (Wildman–Crippen LogP) is 2.94. The molecular weight excluding hydrogens is 420 g/mol. The number of amides is 1. The van der Waals surface area contributed by atoms with Crippen molar-refractivity contribution in [1.82, 2.24) is 25.1 Å². The van der Waals surface area contributed by atoms with E-state index in [1.54, 1.807) is 11.3 Å². The fourth-order valence-electron chi connectivity index (χ4n) is 4.62. The van der Waals surface area contributed by atoms with Crippen molar-refractivity contribution in [2.24, 2.45) is 5.92 Å². The first-order valence-corrected chi connectivity index (χ1v) is 12.2. The third kappa shape index (κ3) is 4.48. The summed E-state index contributed by atoms with van der Waals surface area (Å²) in [4.78, 5) is 29.2. The van der Waals surface area contributed by atoms with Crippen LogP contribution in [0.5, 0.6) is 0 Å². The molecular formula is C24H30N6OS. The summed E-state index contributed by atoms with van der Waals surface area (Å²) in [6.07, 6.45) is 0. The summed E-state index contributed by atoms with van der Waals surface area (Å²) in [6.45, 7) is 9.24. The highest BCUT2D eigenvalue weighted by Gasteiger charge is 2.31. The molecule has 8 heteroatoms. The maximum Gasteiger partial charge on any atom is 0.242 e. The molecule has 2 aliphatic heterocycles. The lowest BCUT2D eigenvalue weighted by atomic mass is 10.0. The zero-order chi connectivity index (χ0) is 22.1. The average molecular weight is 451 g/mol. The number of rotatable bonds is 3. The molecule has 1 unspecified atom stereocenters. The van der Waals surface area contributed by atoms with Gasteiger partial charge in [0.1, 0.15) is 17.7 Å². The number of aromatic nitrogens is 2. The Kier molecular flexibility index (Phi) is 6.08. The van der Waals surface area contributed by atoms with Gasteiger partial charge < -0.3 is 10.6 Å². The maximum atomic E-state index is 13.2. The molecule has 0 saturated carbocycles.